The van der Waals surface area contributed by atoms with Gasteiger partial charge in [-0.25, -0.2) is 0 Å². The fourth-order valence-corrected chi connectivity index (χ4v) is 13.6. The number of aliphatic hydroxyl groups is 2. The number of carbonyl (C=O) groups is 3. The van der Waals surface area contributed by atoms with E-state index in [2.05, 4.69) is 45.0 Å². The van der Waals surface area contributed by atoms with Crippen molar-refractivity contribution < 1.29 is 39.2 Å². The number of hydrogen-bond donors (Lipinski definition) is 4. The maximum atomic E-state index is 14.1. The highest BCUT2D eigenvalue weighted by Gasteiger charge is 2.56. The molecular weight excluding hydrogens is 723 g/mol. The zero-order valence-electron chi connectivity index (χ0n) is 33.8. The number of unbranched alkanes of at least 4 members (excludes halogenated alkanes) is 2. The van der Waals surface area contributed by atoms with E-state index < -0.39 is 44.8 Å². The molecular formula is C46H59NO8Si. The first-order valence-corrected chi connectivity index (χ1v) is 21.8. The lowest BCUT2D eigenvalue weighted by Crippen LogP contribution is -2.66. The van der Waals surface area contributed by atoms with Crippen LogP contribution in [0.2, 0.25) is 5.04 Å². The molecule has 0 spiro atoms. The summed E-state index contributed by atoms with van der Waals surface area (Å²) < 4.78 is 7.36. The number of allylic oxidation sites excluding steroid dienone is 1. The number of likely N-dealkylation sites (tertiary alicyclic amines) is 1. The molecule has 1 saturated heterocycles. The van der Waals surface area contributed by atoms with Gasteiger partial charge in [0.2, 0.25) is 11.8 Å². The fourth-order valence-electron chi connectivity index (χ4n) is 9.01. The minimum Gasteiger partial charge on any atom is -0.507 e. The molecule has 1 aliphatic carbocycles. The van der Waals surface area contributed by atoms with E-state index in [0.717, 1.165) is 38.2 Å². The molecule has 1 fully saturated rings. The molecule has 2 aliphatic rings. The summed E-state index contributed by atoms with van der Waals surface area (Å²) in [6, 6.07) is 24.4. The normalized spacial score (nSPS) is 19.8. The average molecular weight is 782 g/mol. The number of rotatable bonds is 17. The molecule has 3 aromatic rings. The number of aromatic hydroxyl groups is 1. The molecule has 5 rings (SSSR count). The summed E-state index contributed by atoms with van der Waals surface area (Å²) in [7, 11) is -3.04. The number of carboxylic acid groups (broad SMARTS) is 1. The summed E-state index contributed by atoms with van der Waals surface area (Å²) in [6.45, 7) is 12.2. The van der Waals surface area contributed by atoms with E-state index in [4.69, 9.17) is 9.53 Å². The number of aliphatic carboxylic acids is 1. The van der Waals surface area contributed by atoms with Crippen molar-refractivity contribution >= 4 is 42.6 Å². The van der Waals surface area contributed by atoms with Gasteiger partial charge in [0.25, 0.3) is 8.32 Å². The number of carboxylic acids is 1. The molecule has 0 radical (unpaired) electrons. The highest BCUT2D eigenvalue weighted by atomic mass is 28.4. The molecule has 4 N–H and O–H groups in total. The second-order valence-electron chi connectivity index (χ2n) is 16.7. The van der Waals surface area contributed by atoms with Gasteiger partial charge in [-0.1, -0.05) is 99.5 Å². The Labute approximate surface area is 332 Å². The second kappa shape index (κ2) is 18.3. The van der Waals surface area contributed by atoms with Gasteiger partial charge < -0.3 is 24.9 Å². The lowest BCUT2D eigenvalue weighted by Gasteiger charge is -2.44. The van der Waals surface area contributed by atoms with Crippen LogP contribution in [0.3, 0.4) is 0 Å². The summed E-state index contributed by atoms with van der Waals surface area (Å²) in [6.07, 6.45) is 3.68. The molecule has 1 aliphatic heterocycles. The topological polar surface area (TPSA) is 145 Å². The smallest absolute Gasteiger partial charge is 0.303 e. The van der Waals surface area contributed by atoms with Gasteiger partial charge in [0, 0.05) is 18.9 Å². The quantitative estimate of drug-likeness (QED) is 0.0514. The number of aryl methyl sites for hydroxylation is 2. The first-order chi connectivity index (χ1) is 26.6. The van der Waals surface area contributed by atoms with Crippen LogP contribution < -0.4 is 10.4 Å². The zero-order valence-corrected chi connectivity index (χ0v) is 34.8. The molecule has 0 unspecified atom stereocenters. The van der Waals surface area contributed by atoms with E-state index in [9.17, 15) is 29.7 Å². The van der Waals surface area contributed by atoms with E-state index in [1.165, 1.54) is 4.90 Å². The Morgan fingerprint density at radius 3 is 2.05 bits per heavy atom. The van der Waals surface area contributed by atoms with Crippen molar-refractivity contribution in [2.45, 2.75) is 97.6 Å². The third kappa shape index (κ3) is 9.10. The molecule has 9 nitrogen and oxygen atoms in total. The predicted molar refractivity (Wildman–Crippen MR) is 222 cm³/mol. The van der Waals surface area contributed by atoms with Crippen LogP contribution in [-0.2, 0) is 18.8 Å². The Balaban J connectivity index is 1.52. The van der Waals surface area contributed by atoms with E-state index in [0.29, 0.717) is 37.7 Å². The van der Waals surface area contributed by atoms with Gasteiger partial charge in [0.15, 0.2) is 0 Å². The Bertz CT molecular complexity index is 1870. The van der Waals surface area contributed by atoms with E-state index in [1.807, 2.05) is 75.4 Å². The number of amides is 2. The van der Waals surface area contributed by atoms with E-state index >= 15 is 0 Å². The van der Waals surface area contributed by atoms with Gasteiger partial charge in [-0.05, 0) is 108 Å². The molecule has 0 saturated carbocycles. The number of phenolic OH excluding ortho intramolecular Hbond substituents is 1. The monoisotopic (exact) mass is 781 g/mol. The molecule has 0 aromatic heterocycles. The van der Waals surface area contributed by atoms with Crippen LogP contribution in [0, 0.1) is 31.6 Å². The van der Waals surface area contributed by atoms with Crippen LogP contribution >= 0.6 is 0 Å². The molecule has 300 valence electrons. The Morgan fingerprint density at radius 2 is 1.52 bits per heavy atom. The van der Waals surface area contributed by atoms with Crippen molar-refractivity contribution in [2.75, 3.05) is 19.8 Å². The predicted octanol–water partition coefficient (Wildman–Crippen LogP) is 6.69. The van der Waals surface area contributed by atoms with Crippen LogP contribution in [0.15, 0.2) is 89.5 Å². The maximum absolute atomic E-state index is 14.1. The molecule has 4 atom stereocenters. The minimum absolute atomic E-state index is 0.0302. The number of nitrogens with zero attached hydrogens (tertiary/aromatic N) is 1. The largest absolute Gasteiger partial charge is 0.507 e. The van der Waals surface area contributed by atoms with Gasteiger partial charge in [-0.3, -0.25) is 19.3 Å². The third-order valence-corrected chi connectivity index (χ3v) is 16.7. The average Bonchev–Trinajstić information content (AvgIpc) is 3.40. The van der Waals surface area contributed by atoms with Crippen molar-refractivity contribution in [1.29, 1.82) is 0 Å². The number of benzene rings is 3. The SMILES string of the molecule is C/C(=C\c1cc(C)c(O)c(C)c1)CC[C@@H](O)C1=C(CO[Si](c2ccccc2)(c2ccccc2)C(C)(C)C)C[C@H]2C(=O)N(CCCCCC(=O)O)C(=O)[C@H]2[C@H]1CO. The van der Waals surface area contributed by atoms with Crippen molar-refractivity contribution in [3.8, 4) is 5.75 Å². The summed E-state index contributed by atoms with van der Waals surface area (Å²) in [5.41, 5.74) is 4.88. The Kier molecular flexibility index (Phi) is 14.0. The van der Waals surface area contributed by atoms with E-state index in [1.54, 1.807) is 0 Å². The summed E-state index contributed by atoms with van der Waals surface area (Å²) in [5.74, 6) is -3.52. The molecule has 0 bridgehead atoms. The summed E-state index contributed by atoms with van der Waals surface area (Å²) >= 11 is 0. The van der Waals surface area contributed by atoms with Crippen LogP contribution in [0.5, 0.6) is 5.75 Å². The van der Waals surface area contributed by atoms with Crippen molar-refractivity contribution in [3.05, 3.63) is 106 Å². The van der Waals surface area contributed by atoms with Gasteiger partial charge >= 0.3 is 5.97 Å². The first kappa shape index (κ1) is 42.8. The van der Waals surface area contributed by atoms with Gasteiger partial charge in [0.05, 0.1) is 31.2 Å². The fraction of sp³-hybridized carbons (Fsp3) is 0.457. The summed E-state index contributed by atoms with van der Waals surface area (Å²) in [5, 5.41) is 44.4. The molecule has 1 heterocycles. The highest BCUT2D eigenvalue weighted by molar-refractivity contribution is 6.99. The number of imide groups is 1. The van der Waals surface area contributed by atoms with Gasteiger partial charge in [-0.15, -0.1) is 0 Å². The van der Waals surface area contributed by atoms with Crippen LogP contribution in [0.1, 0.15) is 89.3 Å². The van der Waals surface area contributed by atoms with Crippen LogP contribution in [0.25, 0.3) is 6.08 Å². The van der Waals surface area contributed by atoms with Crippen molar-refractivity contribution in [1.82, 2.24) is 4.90 Å². The minimum atomic E-state index is -3.04. The Morgan fingerprint density at radius 1 is 0.929 bits per heavy atom. The van der Waals surface area contributed by atoms with Crippen LogP contribution in [0.4, 0.5) is 0 Å². The van der Waals surface area contributed by atoms with E-state index in [-0.39, 0.29) is 48.6 Å². The molecule has 3 aromatic carbocycles. The maximum Gasteiger partial charge on any atom is 0.303 e. The lowest BCUT2D eigenvalue weighted by molar-refractivity contribution is -0.141. The third-order valence-electron chi connectivity index (χ3n) is 11.7. The molecule has 10 heteroatoms. The lowest BCUT2D eigenvalue weighted by atomic mass is 9.68. The molecule has 2 amide bonds. The number of phenols is 1. The number of fused-ring (bicyclic) bond motifs is 1. The number of carbonyl (C=O) groups excluding carboxylic acids is 2. The number of hydrogen-bond acceptors (Lipinski definition) is 7. The summed E-state index contributed by atoms with van der Waals surface area (Å²) in [4.78, 5) is 40.5. The highest BCUT2D eigenvalue weighted by Crippen LogP contribution is 2.47. The van der Waals surface area contributed by atoms with Crippen LogP contribution in [-0.4, -0.2) is 77.3 Å². The van der Waals surface area contributed by atoms with Crippen molar-refractivity contribution in [2.24, 2.45) is 17.8 Å². The number of aliphatic hydroxyl groups excluding tert-OH is 2. The standard InChI is InChI=1S/C46H59NO8Si/c1-30(24-33-25-31(2)43(52)32(3)26-33)21-22-39(49)41-34(27-37-42(38(41)28-48)45(54)47(44(37)53)23-15-9-14-20-40(50)51)29-55-56(46(4,5)6,35-16-10-7-11-17-35)36-18-12-8-13-19-36/h7-8,10-13,16-19,24-26,37-39,42,48-49,52H,9,14-15,20-23,27-29H2,1-6H3,(H,50,51)/b30-24+/t37-,38+,39-,42-/m1/s1. The first-order valence-electron chi connectivity index (χ1n) is 19.9. The molecule has 56 heavy (non-hydrogen) atoms. The van der Waals surface area contributed by atoms with Gasteiger partial charge in [0.1, 0.15) is 5.75 Å². The van der Waals surface area contributed by atoms with Crippen molar-refractivity contribution in [3.63, 3.8) is 0 Å². The van der Waals surface area contributed by atoms with Gasteiger partial charge in [-0.2, -0.15) is 0 Å². The zero-order chi connectivity index (χ0) is 40.8. The Hall–Kier alpha value is -4.35. The second-order valence-corrected chi connectivity index (χ2v) is 21.0.